The van der Waals surface area contributed by atoms with Crippen molar-refractivity contribution in [3.8, 4) is 17.1 Å². The third-order valence-corrected chi connectivity index (χ3v) is 5.67. The lowest BCUT2D eigenvalue weighted by molar-refractivity contribution is 0.233. The molecular formula is C19H21N3O3S2. The number of anilines is 1. The molecule has 0 fully saturated rings. The first kappa shape index (κ1) is 19.3. The van der Waals surface area contributed by atoms with Gasteiger partial charge in [0.25, 0.3) is 0 Å². The van der Waals surface area contributed by atoms with Gasteiger partial charge in [-0.25, -0.2) is 18.4 Å². The Labute approximate surface area is 163 Å². The first-order valence-corrected chi connectivity index (χ1v) is 11.2. The first-order chi connectivity index (χ1) is 12.8. The summed E-state index contributed by atoms with van der Waals surface area (Å²) in [6, 6.07) is 10.6. The minimum atomic E-state index is -3.25. The minimum absolute atomic E-state index is 0.0572. The van der Waals surface area contributed by atoms with Crippen LogP contribution < -0.4 is 10.1 Å². The van der Waals surface area contributed by atoms with Gasteiger partial charge in [-0.3, -0.25) is 0 Å². The summed E-state index contributed by atoms with van der Waals surface area (Å²) in [6.45, 7) is 4.49. The Morgan fingerprint density at radius 2 is 1.93 bits per heavy atom. The molecule has 0 aliphatic rings. The van der Waals surface area contributed by atoms with Gasteiger partial charge in [-0.1, -0.05) is 18.2 Å². The zero-order valence-corrected chi connectivity index (χ0v) is 17.0. The number of hydrogen-bond donors (Lipinski definition) is 1. The van der Waals surface area contributed by atoms with Crippen LogP contribution in [0.4, 0.5) is 5.82 Å². The third-order valence-electron chi connectivity index (χ3n) is 3.67. The van der Waals surface area contributed by atoms with Gasteiger partial charge in [-0.05, 0) is 37.4 Å². The van der Waals surface area contributed by atoms with Crippen LogP contribution in [-0.4, -0.2) is 30.7 Å². The first-order valence-electron chi connectivity index (χ1n) is 8.43. The van der Waals surface area contributed by atoms with Crippen LogP contribution in [0.2, 0.25) is 0 Å². The van der Waals surface area contributed by atoms with Gasteiger partial charge in [0.05, 0.1) is 23.7 Å². The Hall–Kier alpha value is -2.45. The Morgan fingerprint density at radius 3 is 2.52 bits per heavy atom. The maximum atomic E-state index is 11.7. The predicted molar refractivity (Wildman–Crippen MR) is 108 cm³/mol. The fourth-order valence-electron chi connectivity index (χ4n) is 2.41. The van der Waals surface area contributed by atoms with Crippen molar-refractivity contribution >= 4 is 27.0 Å². The fourth-order valence-corrected chi connectivity index (χ4v) is 3.69. The highest BCUT2D eigenvalue weighted by atomic mass is 32.2. The van der Waals surface area contributed by atoms with Crippen molar-refractivity contribution in [3.63, 3.8) is 0 Å². The van der Waals surface area contributed by atoms with Crippen molar-refractivity contribution in [2.45, 2.75) is 31.4 Å². The molecule has 0 saturated heterocycles. The smallest absolute Gasteiger partial charge is 0.241 e. The van der Waals surface area contributed by atoms with E-state index in [-0.39, 0.29) is 11.0 Å². The summed E-state index contributed by atoms with van der Waals surface area (Å²) in [5, 5.41) is 5.28. The second kappa shape index (κ2) is 8.06. The molecule has 0 unspecified atom stereocenters. The fraction of sp³-hybridized carbons (Fsp3) is 0.263. The molecule has 27 heavy (non-hydrogen) atoms. The largest absolute Gasteiger partial charge is 0.473 e. The molecule has 1 N–H and O–H groups in total. The van der Waals surface area contributed by atoms with E-state index in [1.165, 1.54) is 11.1 Å². The minimum Gasteiger partial charge on any atom is -0.473 e. The van der Waals surface area contributed by atoms with Crippen LogP contribution in [0.3, 0.4) is 0 Å². The summed E-state index contributed by atoms with van der Waals surface area (Å²) in [4.78, 5) is 10.5. The molecule has 1 aromatic carbocycles. The van der Waals surface area contributed by atoms with Crippen molar-refractivity contribution in [2.24, 2.45) is 0 Å². The van der Waals surface area contributed by atoms with Gasteiger partial charge in [-0.15, -0.1) is 11.3 Å². The molecule has 0 saturated carbocycles. The van der Waals surface area contributed by atoms with E-state index in [4.69, 9.17) is 4.74 Å². The molecule has 3 aromatic rings. The van der Waals surface area contributed by atoms with E-state index in [1.54, 1.807) is 41.8 Å². The Balaban J connectivity index is 1.93. The number of thiophene rings is 1. The van der Waals surface area contributed by atoms with Gasteiger partial charge < -0.3 is 10.1 Å². The van der Waals surface area contributed by atoms with E-state index in [1.807, 2.05) is 31.4 Å². The Bertz CT molecular complexity index is 999. The SMILES string of the molecule is CC(C)Oc1ncc(NCc2cccs2)nc1-c1ccc(S(C)(=O)=O)cc1. The molecule has 0 aliphatic carbocycles. The number of nitrogens with zero attached hydrogens (tertiary/aromatic N) is 2. The van der Waals surface area contributed by atoms with Crippen molar-refractivity contribution in [1.82, 2.24) is 9.97 Å². The van der Waals surface area contributed by atoms with E-state index in [0.717, 1.165) is 5.56 Å². The van der Waals surface area contributed by atoms with Crippen LogP contribution >= 0.6 is 11.3 Å². The number of ether oxygens (including phenoxy) is 1. The normalized spacial score (nSPS) is 11.6. The van der Waals surface area contributed by atoms with Crippen LogP contribution in [0.15, 0.2) is 52.9 Å². The highest BCUT2D eigenvalue weighted by Gasteiger charge is 2.15. The van der Waals surface area contributed by atoms with E-state index < -0.39 is 9.84 Å². The standard InChI is InChI=1S/C19H21N3O3S2/c1-13(2)25-19-18(14-6-8-16(9-7-14)27(3,23)24)22-17(12-21-19)20-11-15-5-4-10-26-15/h4-10,12-13H,11H2,1-3H3,(H,20,22). The number of rotatable bonds is 7. The lowest BCUT2D eigenvalue weighted by atomic mass is 10.1. The zero-order chi connectivity index (χ0) is 19.4. The molecule has 6 nitrogen and oxygen atoms in total. The van der Waals surface area contributed by atoms with Gasteiger partial charge in [-0.2, -0.15) is 0 Å². The molecule has 0 radical (unpaired) electrons. The van der Waals surface area contributed by atoms with Gasteiger partial charge >= 0.3 is 0 Å². The lowest BCUT2D eigenvalue weighted by Crippen LogP contribution is -2.10. The van der Waals surface area contributed by atoms with Crippen LogP contribution in [0, 0.1) is 0 Å². The highest BCUT2D eigenvalue weighted by Crippen LogP contribution is 2.29. The summed E-state index contributed by atoms with van der Waals surface area (Å²) in [5.74, 6) is 1.04. The average Bonchev–Trinajstić information content (AvgIpc) is 3.13. The van der Waals surface area contributed by atoms with E-state index >= 15 is 0 Å². The molecule has 0 atom stereocenters. The molecule has 0 spiro atoms. The van der Waals surface area contributed by atoms with Gasteiger partial charge in [0.2, 0.25) is 5.88 Å². The van der Waals surface area contributed by atoms with E-state index in [0.29, 0.717) is 23.9 Å². The molecule has 0 amide bonds. The molecular weight excluding hydrogens is 382 g/mol. The van der Waals surface area contributed by atoms with Gasteiger partial charge in [0.1, 0.15) is 11.5 Å². The number of sulfone groups is 1. The van der Waals surface area contributed by atoms with Gasteiger partial charge in [0.15, 0.2) is 9.84 Å². The number of benzene rings is 1. The maximum Gasteiger partial charge on any atom is 0.241 e. The maximum absolute atomic E-state index is 11.7. The van der Waals surface area contributed by atoms with Crippen LogP contribution in [0.5, 0.6) is 5.88 Å². The highest BCUT2D eigenvalue weighted by molar-refractivity contribution is 7.90. The monoisotopic (exact) mass is 403 g/mol. The average molecular weight is 404 g/mol. The second-order valence-electron chi connectivity index (χ2n) is 6.31. The lowest BCUT2D eigenvalue weighted by Gasteiger charge is -2.14. The van der Waals surface area contributed by atoms with Crippen molar-refractivity contribution in [2.75, 3.05) is 11.6 Å². The topological polar surface area (TPSA) is 81.2 Å². The van der Waals surface area contributed by atoms with Crippen LogP contribution in [-0.2, 0) is 16.4 Å². The zero-order valence-electron chi connectivity index (χ0n) is 15.3. The van der Waals surface area contributed by atoms with Crippen LogP contribution in [0.25, 0.3) is 11.3 Å². The quantitative estimate of drug-likeness (QED) is 0.642. The number of nitrogens with one attached hydrogen (secondary N) is 1. The Morgan fingerprint density at radius 1 is 1.19 bits per heavy atom. The van der Waals surface area contributed by atoms with Crippen molar-refractivity contribution in [3.05, 3.63) is 52.9 Å². The molecule has 142 valence electrons. The van der Waals surface area contributed by atoms with Crippen molar-refractivity contribution < 1.29 is 13.2 Å². The predicted octanol–water partition coefficient (Wildman–Crippen LogP) is 4.01. The Kier molecular flexibility index (Phi) is 5.76. The summed E-state index contributed by atoms with van der Waals surface area (Å²) >= 11 is 1.67. The van der Waals surface area contributed by atoms with E-state index in [9.17, 15) is 8.42 Å². The van der Waals surface area contributed by atoms with Gasteiger partial charge in [0, 0.05) is 16.7 Å². The molecule has 2 heterocycles. The molecule has 8 heteroatoms. The molecule has 2 aromatic heterocycles. The molecule has 3 rings (SSSR count). The van der Waals surface area contributed by atoms with Crippen LogP contribution in [0.1, 0.15) is 18.7 Å². The number of aromatic nitrogens is 2. The van der Waals surface area contributed by atoms with E-state index in [2.05, 4.69) is 15.3 Å². The molecule has 0 aliphatic heterocycles. The summed E-state index contributed by atoms with van der Waals surface area (Å²) in [5.41, 5.74) is 1.31. The van der Waals surface area contributed by atoms with Crippen molar-refractivity contribution in [1.29, 1.82) is 0 Å². The summed E-state index contributed by atoms with van der Waals surface area (Å²) in [6.07, 6.45) is 2.77. The second-order valence-corrected chi connectivity index (χ2v) is 9.35. The summed E-state index contributed by atoms with van der Waals surface area (Å²) < 4.78 is 29.2. The number of hydrogen-bond acceptors (Lipinski definition) is 7. The molecule has 0 bridgehead atoms. The third kappa shape index (κ3) is 5.05. The summed E-state index contributed by atoms with van der Waals surface area (Å²) in [7, 11) is -3.25.